The summed E-state index contributed by atoms with van der Waals surface area (Å²) in [5.41, 5.74) is 0.944. The molecule has 0 unspecified atom stereocenters. The maximum Gasteiger partial charge on any atom is 0.222 e. The van der Waals surface area contributed by atoms with Gasteiger partial charge < -0.3 is 4.84 Å². The van der Waals surface area contributed by atoms with Gasteiger partial charge in [0.25, 0.3) is 0 Å². The molecule has 0 saturated heterocycles. The fourth-order valence-corrected chi connectivity index (χ4v) is 4.32. The fourth-order valence-electron chi connectivity index (χ4n) is 4.32. The number of nitrogens with zero attached hydrogens (tertiary/aromatic N) is 1. The van der Waals surface area contributed by atoms with Crippen molar-refractivity contribution in [1.82, 2.24) is 0 Å². The topological polar surface area (TPSA) is 35.3 Å². The molecule has 2 fully saturated rings. The summed E-state index contributed by atoms with van der Waals surface area (Å²) in [6.07, 6.45) is 10.5. The second kappa shape index (κ2) is 4.51. The third kappa shape index (κ3) is 1.94. The van der Waals surface area contributed by atoms with Gasteiger partial charge in [-0.15, -0.1) is 0 Å². The average Bonchev–Trinajstić information content (AvgIpc) is 2.79. The Bertz CT molecular complexity index is 320. The van der Waals surface area contributed by atoms with Crippen LogP contribution >= 0.6 is 0 Å². The van der Waals surface area contributed by atoms with Crippen LogP contribution in [0.2, 0.25) is 0 Å². The second-order valence-electron chi connectivity index (χ2n) is 6.06. The first-order valence-corrected chi connectivity index (χ1v) is 7.25. The minimum absolute atomic E-state index is 0.211. The van der Waals surface area contributed by atoms with Crippen LogP contribution in [-0.2, 0) is 4.84 Å². The lowest BCUT2D eigenvalue weighted by Crippen LogP contribution is -2.44. The molecule has 3 heteroatoms. The first kappa shape index (κ1) is 11.4. The Hall–Kier alpha value is -0.730. The van der Waals surface area contributed by atoms with E-state index in [1.807, 2.05) is 6.92 Å². The lowest BCUT2D eigenvalue weighted by atomic mass is 9.70. The number of hydrogen-bond donors (Lipinski definition) is 0. The minimum Gasteiger partial charge on any atom is -0.400 e. The van der Waals surface area contributed by atoms with Gasteiger partial charge in [-0.2, -0.15) is 0 Å². The van der Waals surface area contributed by atoms with Gasteiger partial charge in [0.05, 0.1) is 12.0 Å². The van der Waals surface area contributed by atoms with Crippen molar-refractivity contribution >= 4 is 5.71 Å². The van der Waals surface area contributed by atoms with Crippen molar-refractivity contribution < 1.29 is 9.74 Å². The summed E-state index contributed by atoms with van der Waals surface area (Å²) >= 11 is 0. The zero-order chi connectivity index (χ0) is 11.8. The summed E-state index contributed by atoms with van der Waals surface area (Å²) in [5, 5.41) is 11.8. The van der Waals surface area contributed by atoms with Crippen molar-refractivity contribution in [3.05, 3.63) is 5.21 Å². The van der Waals surface area contributed by atoms with Crippen LogP contribution in [0.1, 0.15) is 58.3 Å². The van der Waals surface area contributed by atoms with Crippen LogP contribution in [0.25, 0.3) is 0 Å². The van der Waals surface area contributed by atoms with E-state index in [4.69, 9.17) is 4.84 Å². The first-order chi connectivity index (χ1) is 8.27. The highest BCUT2D eigenvalue weighted by Gasteiger charge is 2.46. The smallest absolute Gasteiger partial charge is 0.222 e. The molecule has 3 nitrogen and oxygen atoms in total. The maximum absolute atomic E-state index is 11.8. The molecular formula is C14H23NO2. The molecule has 3 aliphatic rings. The molecule has 17 heavy (non-hydrogen) atoms. The molecule has 96 valence electrons. The maximum atomic E-state index is 11.8. The highest BCUT2D eigenvalue weighted by Crippen LogP contribution is 2.44. The Morgan fingerprint density at radius 2 is 1.82 bits per heavy atom. The van der Waals surface area contributed by atoms with Crippen LogP contribution in [0, 0.1) is 23.0 Å². The number of fused-ring (bicyclic) bond motifs is 1. The van der Waals surface area contributed by atoms with Crippen LogP contribution in [-0.4, -0.2) is 16.7 Å². The predicted molar refractivity (Wildman–Crippen MR) is 66.6 cm³/mol. The van der Waals surface area contributed by atoms with Gasteiger partial charge in [-0.3, -0.25) is 5.21 Å². The molecule has 0 bridgehead atoms. The van der Waals surface area contributed by atoms with Crippen LogP contribution in [0.4, 0.5) is 0 Å². The molecule has 0 aromatic heterocycles. The number of rotatable bonds is 1. The highest BCUT2D eigenvalue weighted by molar-refractivity contribution is 5.80. The summed E-state index contributed by atoms with van der Waals surface area (Å²) in [5.74, 6) is 1.88. The van der Waals surface area contributed by atoms with Gasteiger partial charge in [0.1, 0.15) is 0 Å². The molecule has 0 aromatic rings. The van der Waals surface area contributed by atoms with E-state index in [0.29, 0.717) is 11.8 Å². The quantitative estimate of drug-likeness (QED) is 0.656. The molecule has 3 rings (SSSR count). The van der Waals surface area contributed by atoms with E-state index in [0.717, 1.165) is 23.0 Å². The molecule has 0 spiro atoms. The molecule has 1 heterocycles. The summed E-state index contributed by atoms with van der Waals surface area (Å²) in [6, 6.07) is 0. The standard InChI is InChI=1S/C14H23NO2/c1-10-14(11-6-3-2-4-7-11)12-8-5-9-13(12)17-15(10)16/h11-14H,2-9H2,1H3/t12-,13+,14-/m0/s1. The Labute approximate surface area is 103 Å². The van der Waals surface area contributed by atoms with E-state index in [-0.39, 0.29) is 6.10 Å². The largest absolute Gasteiger partial charge is 0.400 e. The SMILES string of the molecule is CC1=[N+]([O-])O[C@@H]2CCC[C@@H]2[C@@H]1C1CCCCC1. The Morgan fingerprint density at radius 3 is 2.59 bits per heavy atom. The molecule has 0 N–H and O–H groups in total. The second-order valence-corrected chi connectivity index (χ2v) is 6.06. The van der Waals surface area contributed by atoms with Crippen molar-refractivity contribution in [2.24, 2.45) is 17.8 Å². The Balaban J connectivity index is 1.85. The molecule has 2 aliphatic carbocycles. The van der Waals surface area contributed by atoms with Crippen molar-refractivity contribution in [2.45, 2.75) is 64.4 Å². The van der Waals surface area contributed by atoms with Crippen LogP contribution < -0.4 is 0 Å². The molecule has 0 radical (unpaired) electrons. The lowest BCUT2D eigenvalue weighted by Gasteiger charge is -2.39. The van der Waals surface area contributed by atoms with Gasteiger partial charge in [-0.25, -0.2) is 0 Å². The van der Waals surface area contributed by atoms with Gasteiger partial charge in [-0.05, 0) is 37.5 Å². The lowest BCUT2D eigenvalue weighted by molar-refractivity contribution is -0.762. The van der Waals surface area contributed by atoms with Crippen LogP contribution in [0.5, 0.6) is 0 Å². The predicted octanol–water partition coefficient (Wildman–Crippen LogP) is 3.27. The summed E-state index contributed by atoms with van der Waals surface area (Å²) in [6.45, 7) is 1.99. The van der Waals surface area contributed by atoms with E-state index in [9.17, 15) is 5.21 Å². The summed E-state index contributed by atoms with van der Waals surface area (Å²) in [7, 11) is 0. The molecule has 1 aliphatic heterocycles. The van der Waals surface area contributed by atoms with E-state index < -0.39 is 0 Å². The monoisotopic (exact) mass is 237 g/mol. The highest BCUT2D eigenvalue weighted by atomic mass is 16.9. The van der Waals surface area contributed by atoms with Crippen molar-refractivity contribution in [3.63, 3.8) is 0 Å². The van der Waals surface area contributed by atoms with Gasteiger partial charge in [0.2, 0.25) is 5.71 Å². The van der Waals surface area contributed by atoms with E-state index >= 15 is 0 Å². The third-order valence-electron chi connectivity index (χ3n) is 5.12. The van der Waals surface area contributed by atoms with Gasteiger partial charge in [-0.1, -0.05) is 25.7 Å². The zero-order valence-electron chi connectivity index (χ0n) is 10.7. The minimum atomic E-state index is 0.211. The van der Waals surface area contributed by atoms with E-state index in [2.05, 4.69) is 0 Å². The van der Waals surface area contributed by atoms with Crippen LogP contribution in [0.3, 0.4) is 0 Å². The third-order valence-corrected chi connectivity index (χ3v) is 5.12. The summed E-state index contributed by atoms with van der Waals surface area (Å²) in [4.78, 5) is 6.32. The van der Waals surface area contributed by atoms with Gasteiger partial charge in [0.15, 0.2) is 0 Å². The van der Waals surface area contributed by atoms with Crippen molar-refractivity contribution in [1.29, 1.82) is 0 Å². The summed E-state index contributed by atoms with van der Waals surface area (Å²) < 4.78 is 0. The average molecular weight is 237 g/mol. The Kier molecular flexibility index (Phi) is 3.01. The van der Waals surface area contributed by atoms with E-state index in [1.165, 1.54) is 44.9 Å². The van der Waals surface area contributed by atoms with E-state index in [1.54, 1.807) is 0 Å². The molecule has 0 aromatic carbocycles. The molecule has 0 amide bonds. The first-order valence-electron chi connectivity index (χ1n) is 7.25. The number of hydrogen-bond acceptors (Lipinski definition) is 2. The molecule has 2 saturated carbocycles. The fraction of sp³-hybridized carbons (Fsp3) is 0.929. The zero-order valence-corrected chi connectivity index (χ0v) is 10.7. The van der Waals surface area contributed by atoms with Crippen molar-refractivity contribution in [3.8, 4) is 0 Å². The normalized spacial score (nSPS) is 39.0. The van der Waals surface area contributed by atoms with Crippen LogP contribution in [0.15, 0.2) is 0 Å². The van der Waals surface area contributed by atoms with Gasteiger partial charge in [0, 0.05) is 11.8 Å². The molecular weight excluding hydrogens is 214 g/mol. The Morgan fingerprint density at radius 1 is 1.06 bits per heavy atom. The van der Waals surface area contributed by atoms with Gasteiger partial charge >= 0.3 is 0 Å². The molecule has 3 atom stereocenters. The van der Waals surface area contributed by atoms with Crippen molar-refractivity contribution in [2.75, 3.05) is 0 Å².